The van der Waals surface area contributed by atoms with Crippen molar-refractivity contribution in [1.82, 2.24) is 25.3 Å². The first kappa shape index (κ1) is 31.3. The molecule has 1 fully saturated rings. The van der Waals surface area contributed by atoms with E-state index in [4.69, 9.17) is 23.2 Å². The molecule has 1 aliphatic heterocycles. The normalized spacial score (nSPS) is 14.5. The Morgan fingerprint density at radius 3 is 2.52 bits per heavy atom. The van der Waals surface area contributed by atoms with Gasteiger partial charge in [-0.1, -0.05) is 40.5 Å². The minimum Gasteiger partial charge on any atom is -0.406 e. The highest BCUT2D eigenvalue weighted by Crippen LogP contribution is 2.38. The van der Waals surface area contributed by atoms with Crippen molar-refractivity contribution < 1.29 is 22.3 Å². The van der Waals surface area contributed by atoms with E-state index >= 15 is 0 Å². The second-order valence-corrected chi connectivity index (χ2v) is 11.4. The van der Waals surface area contributed by atoms with Crippen LogP contribution in [0.1, 0.15) is 41.7 Å². The summed E-state index contributed by atoms with van der Waals surface area (Å²) in [4.78, 5) is 4.54. The summed E-state index contributed by atoms with van der Waals surface area (Å²) in [6, 6.07) is 14.3. The van der Waals surface area contributed by atoms with Crippen molar-refractivity contribution in [3.05, 3.63) is 99.7 Å². The number of halogens is 6. The van der Waals surface area contributed by atoms with E-state index in [1.807, 2.05) is 6.20 Å². The Labute approximate surface area is 270 Å². The molecule has 0 saturated carbocycles. The first-order valence-corrected chi connectivity index (χ1v) is 14.8. The number of anilines is 3. The Balaban J connectivity index is 1.42. The number of aromatic nitrogens is 4. The summed E-state index contributed by atoms with van der Waals surface area (Å²) in [6.07, 6.45) is 0.0931. The number of ether oxygens (including phenoxy) is 1. The number of hydrogen-bond donors (Lipinski definition) is 3. The Bertz CT molecular complexity index is 1920. The van der Waals surface area contributed by atoms with Gasteiger partial charge in [-0.05, 0) is 74.0 Å². The lowest BCUT2D eigenvalue weighted by Crippen LogP contribution is -2.29. The first-order chi connectivity index (χ1) is 22.1. The molecule has 0 spiro atoms. The summed E-state index contributed by atoms with van der Waals surface area (Å²) >= 11 is 12.6. The number of piperidine rings is 1. The van der Waals surface area contributed by atoms with Gasteiger partial charge in [0, 0.05) is 22.3 Å². The van der Waals surface area contributed by atoms with Crippen molar-refractivity contribution in [2.24, 2.45) is 0 Å². The van der Waals surface area contributed by atoms with Gasteiger partial charge in [0.15, 0.2) is 0 Å². The van der Waals surface area contributed by atoms with Gasteiger partial charge in [0.1, 0.15) is 23.3 Å². The van der Waals surface area contributed by atoms with Gasteiger partial charge in [-0.3, -0.25) is 4.98 Å². The predicted octanol–water partition coefficient (Wildman–Crippen LogP) is 7.91. The van der Waals surface area contributed by atoms with E-state index < -0.39 is 18.2 Å². The van der Waals surface area contributed by atoms with Gasteiger partial charge >= 0.3 is 6.36 Å². The third-order valence-electron chi connectivity index (χ3n) is 7.50. The Morgan fingerprint density at radius 2 is 1.83 bits per heavy atom. The van der Waals surface area contributed by atoms with Gasteiger partial charge in [-0.25, -0.2) is 9.07 Å². The van der Waals surface area contributed by atoms with Crippen LogP contribution in [0.4, 0.5) is 34.6 Å². The zero-order valence-corrected chi connectivity index (χ0v) is 25.3. The van der Waals surface area contributed by atoms with E-state index in [0.717, 1.165) is 25.9 Å². The maximum absolute atomic E-state index is 13.8. The molecule has 1 aliphatic rings. The van der Waals surface area contributed by atoms with Crippen LogP contribution in [0.5, 0.6) is 5.75 Å². The molecule has 1 atom stereocenters. The molecule has 15 heteroatoms. The van der Waals surface area contributed by atoms with Gasteiger partial charge in [0.05, 0.1) is 45.8 Å². The highest BCUT2D eigenvalue weighted by atomic mass is 35.5. The van der Waals surface area contributed by atoms with Gasteiger partial charge in [0.2, 0.25) is 0 Å². The van der Waals surface area contributed by atoms with Crippen LogP contribution in [0.2, 0.25) is 10.0 Å². The fourth-order valence-corrected chi connectivity index (χ4v) is 5.73. The molecule has 236 valence electrons. The highest BCUT2D eigenvalue weighted by Gasteiger charge is 2.31. The SMILES string of the molecule is N#Cc1cnc2c(NC(c3ccc(OC(F)(F)F)cc3)c3cn(C4CCNCC4)nn3)cc(Cl)cc2c1Nc1ccc(F)c(Cl)c1. The number of nitriles is 1. The van der Waals surface area contributed by atoms with Crippen LogP contribution in [0.15, 0.2) is 67.0 Å². The number of pyridine rings is 1. The lowest BCUT2D eigenvalue weighted by molar-refractivity contribution is -0.274. The van der Waals surface area contributed by atoms with Crippen molar-refractivity contribution in [1.29, 1.82) is 5.26 Å². The zero-order valence-electron chi connectivity index (χ0n) is 23.7. The molecule has 6 rings (SSSR count). The molecule has 3 aromatic carbocycles. The Hall–Kier alpha value is -4.64. The van der Waals surface area contributed by atoms with Crippen molar-refractivity contribution in [3.63, 3.8) is 0 Å². The van der Waals surface area contributed by atoms with Gasteiger partial charge in [-0.2, -0.15) is 5.26 Å². The topological polar surface area (TPSA) is 113 Å². The number of benzene rings is 3. The van der Waals surface area contributed by atoms with Crippen molar-refractivity contribution in [2.45, 2.75) is 31.3 Å². The first-order valence-electron chi connectivity index (χ1n) is 14.1. The summed E-state index contributed by atoms with van der Waals surface area (Å²) in [6.45, 7) is 1.68. The largest absolute Gasteiger partial charge is 0.573 e. The highest BCUT2D eigenvalue weighted by molar-refractivity contribution is 6.32. The summed E-state index contributed by atoms with van der Waals surface area (Å²) in [7, 11) is 0. The van der Waals surface area contributed by atoms with Crippen LogP contribution < -0.4 is 20.7 Å². The lowest BCUT2D eigenvalue weighted by Gasteiger charge is -2.23. The maximum atomic E-state index is 13.8. The van der Waals surface area contributed by atoms with E-state index in [1.54, 1.807) is 16.8 Å². The molecule has 2 aromatic heterocycles. The molecule has 5 aromatic rings. The average molecular weight is 671 g/mol. The predicted molar refractivity (Wildman–Crippen MR) is 166 cm³/mol. The fourth-order valence-electron chi connectivity index (χ4n) is 5.33. The van der Waals surface area contributed by atoms with E-state index in [9.17, 15) is 22.8 Å². The van der Waals surface area contributed by atoms with E-state index in [2.05, 4.69) is 42.1 Å². The molecule has 1 unspecified atom stereocenters. The standard InChI is InChI=1S/C31H24Cl2F4N8O/c32-19-11-23-28(41-20-3-6-25(34)24(33)13-20)18(14-38)15-40-30(23)26(12-19)42-29(17-1-4-22(5-2-17)46-31(35,36)37)27-16-45(44-43-27)21-7-9-39-10-8-21/h1-6,11-13,15-16,21,29,39,42H,7-10H2,(H,40,41). The van der Waals surface area contributed by atoms with Crippen LogP contribution in [-0.4, -0.2) is 39.4 Å². The Morgan fingerprint density at radius 1 is 1.07 bits per heavy atom. The molecule has 0 aliphatic carbocycles. The quantitative estimate of drug-likeness (QED) is 0.143. The van der Waals surface area contributed by atoms with E-state index in [0.29, 0.717) is 44.2 Å². The molecule has 3 heterocycles. The number of alkyl halides is 3. The van der Waals surface area contributed by atoms with Crippen molar-refractivity contribution in [2.75, 3.05) is 23.7 Å². The second kappa shape index (κ2) is 13.0. The summed E-state index contributed by atoms with van der Waals surface area (Å²) < 4.78 is 58.3. The molecule has 3 N–H and O–H groups in total. The number of fused-ring (bicyclic) bond motifs is 1. The van der Waals surface area contributed by atoms with Crippen LogP contribution in [0.3, 0.4) is 0 Å². The number of hydrogen-bond acceptors (Lipinski definition) is 8. The van der Waals surface area contributed by atoms with Crippen LogP contribution in [-0.2, 0) is 0 Å². The van der Waals surface area contributed by atoms with Crippen LogP contribution >= 0.6 is 23.2 Å². The molecule has 0 radical (unpaired) electrons. The minimum atomic E-state index is -4.84. The molecule has 1 saturated heterocycles. The van der Waals surface area contributed by atoms with Crippen LogP contribution in [0.25, 0.3) is 10.9 Å². The summed E-state index contributed by atoms with van der Waals surface area (Å²) in [5.74, 6) is -0.966. The summed E-state index contributed by atoms with van der Waals surface area (Å²) in [5, 5.41) is 29.2. The molecular formula is C31H24Cl2F4N8O. The second-order valence-electron chi connectivity index (χ2n) is 10.6. The van der Waals surface area contributed by atoms with Gasteiger partial charge in [0.25, 0.3) is 0 Å². The fraction of sp³-hybridized carbons (Fsp3) is 0.226. The molecule has 0 amide bonds. The third kappa shape index (κ3) is 6.94. The number of nitrogens with zero attached hydrogens (tertiary/aromatic N) is 5. The van der Waals surface area contributed by atoms with Gasteiger partial charge < -0.3 is 20.7 Å². The Kier molecular flexibility index (Phi) is 8.86. The molecular weight excluding hydrogens is 647 g/mol. The number of rotatable bonds is 8. The van der Waals surface area contributed by atoms with E-state index in [1.165, 1.54) is 48.7 Å². The molecule has 0 bridgehead atoms. The van der Waals surface area contributed by atoms with Crippen molar-refractivity contribution in [3.8, 4) is 11.8 Å². The van der Waals surface area contributed by atoms with Crippen LogP contribution in [0, 0.1) is 17.1 Å². The number of nitrogens with one attached hydrogen (secondary N) is 3. The van der Waals surface area contributed by atoms with Crippen molar-refractivity contribution >= 4 is 51.2 Å². The smallest absolute Gasteiger partial charge is 0.406 e. The third-order valence-corrected chi connectivity index (χ3v) is 8.01. The zero-order chi connectivity index (χ0) is 32.4. The monoisotopic (exact) mass is 670 g/mol. The van der Waals surface area contributed by atoms with E-state index in [-0.39, 0.29) is 22.4 Å². The molecule has 46 heavy (non-hydrogen) atoms. The summed E-state index contributed by atoms with van der Waals surface area (Å²) in [5.41, 5.74) is 2.93. The van der Waals surface area contributed by atoms with Gasteiger partial charge in [-0.15, -0.1) is 18.3 Å². The lowest BCUT2D eigenvalue weighted by atomic mass is 10.0. The average Bonchev–Trinajstić information content (AvgIpc) is 3.52. The minimum absolute atomic E-state index is 0.103. The maximum Gasteiger partial charge on any atom is 0.573 e. The molecule has 9 nitrogen and oxygen atoms in total.